The van der Waals surface area contributed by atoms with Crippen molar-refractivity contribution in [2.45, 2.75) is 57.6 Å². The number of nitrogens with two attached hydrogens (primary N) is 1. The van der Waals surface area contributed by atoms with Gasteiger partial charge < -0.3 is 10.5 Å². The van der Waals surface area contributed by atoms with Crippen LogP contribution in [0.25, 0.3) is 0 Å². The zero-order valence-corrected chi connectivity index (χ0v) is 11.8. The highest BCUT2D eigenvalue weighted by molar-refractivity contribution is 6.32. The van der Waals surface area contributed by atoms with E-state index in [4.69, 9.17) is 22.1 Å². The van der Waals surface area contributed by atoms with E-state index in [9.17, 15) is 0 Å². The summed E-state index contributed by atoms with van der Waals surface area (Å²) in [5.74, 6) is 0.968. The van der Waals surface area contributed by atoms with Gasteiger partial charge in [0.05, 0.1) is 0 Å². The first kappa shape index (κ1) is 12.3. The Bertz CT molecular complexity index is 492. The number of rotatable bonds is 0. The topological polar surface area (TPSA) is 35.2 Å². The number of halogens is 1. The van der Waals surface area contributed by atoms with E-state index < -0.39 is 0 Å². The predicted octanol–water partition coefficient (Wildman–Crippen LogP) is 4.05. The molecule has 2 aliphatic rings. The van der Waals surface area contributed by atoms with Crippen molar-refractivity contribution in [3.63, 3.8) is 0 Å². The summed E-state index contributed by atoms with van der Waals surface area (Å²) in [7, 11) is 0. The minimum Gasteiger partial charge on any atom is -0.487 e. The van der Waals surface area contributed by atoms with E-state index in [1.807, 2.05) is 13.8 Å². The molecule has 1 aromatic rings. The number of hydrogen-bond acceptors (Lipinski definition) is 2. The molecular weight excluding hydrogens is 246 g/mol. The van der Waals surface area contributed by atoms with Gasteiger partial charge in [0.1, 0.15) is 11.4 Å². The molecule has 1 fully saturated rings. The lowest BCUT2D eigenvalue weighted by molar-refractivity contribution is 0.0423. The van der Waals surface area contributed by atoms with Gasteiger partial charge in [-0.05, 0) is 56.7 Å². The number of aryl methyl sites for hydroxylation is 1. The second kappa shape index (κ2) is 4.14. The van der Waals surface area contributed by atoms with Crippen LogP contribution in [0.5, 0.6) is 5.75 Å². The van der Waals surface area contributed by atoms with Gasteiger partial charge in [-0.2, -0.15) is 0 Å². The van der Waals surface area contributed by atoms with Crippen molar-refractivity contribution in [3.05, 3.63) is 27.8 Å². The molecule has 3 heteroatoms. The van der Waals surface area contributed by atoms with Crippen LogP contribution in [-0.2, 0) is 0 Å². The summed E-state index contributed by atoms with van der Waals surface area (Å²) in [5, 5.41) is 0.829. The molecule has 1 aliphatic heterocycles. The van der Waals surface area contributed by atoms with Gasteiger partial charge in [0, 0.05) is 23.0 Å². The lowest BCUT2D eigenvalue weighted by Crippen LogP contribution is -2.40. The van der Waals surface area contributed by atoms with Crippen LogP contribution in [0.2, 0.25) is 5.02 Å². The fraction of sp³-hybridized carbons (Fsp3) is 0.600. The van der Waals surface area contributed by atoms with E-state index in [0.29, 0.717) is 0 Å². The second-order valence-corrected chi connectivity index (χ2v) is 6.23. The standard InChI is InChI=1S/C15H20ClNO/c1-9-7-12-13(10(2)14(9)16)11(17)8-15(18-12)5-3-4-6-15/h7,11H,3-6,8,17H2,1-2H3. The monoisotopic (exact) mass is 265 g/mol. The van der Waals surface area contributed by atoms with E-state index in [1.165, 1.54) is 12.8 Å². The van der Waals surface area contributed by atoms with Gasteiger partial charge in [-0.3, -0.25) is 0 Å². The summed E-state index contributed by atoms with van der Waals surface area (Å²) in [6.07, 6.45) is 5.73. The summed E-state index contributed by atoms with van der Waals surface area (Å²) >= 11 is 6.32. The Hall–Kier alpha value is -0.730. The fourth-order valence-corrected chi connectivity index (χ4v) is 3.74. The van der Waals surface area contributed by atoms with Crippen LogP contribution < -0.4 is 10.5 Å². The van der Waals surface area contributed by atoms with E-state index in [-0.39, 0.29) is 11.6 Å². The third-order valence-electron chi connectivity index (χ3n) is 4.50. The molecule has 2 N–H and O–H groups in total. The second-order valence-electron chi connectivity index (χ2n) is 5.85. The molecule has 98 valence electrons. The van der Waals surface area contributed by atoms with Crippen molar-refractivity contribution < 1.29 is 4.74 Å². The average molecular weight is 266 g/mol. The van der Waals surface area contributed by atoms with Crippen molar-refractivity contribution in [2.75, 3.05) is 0 Å². The normalized spacial score (nSPS) is 25.0. The molecule has 2 nitrogen and oxygen atoms in total. The van der Waals surface area contributed by atoms with Crippen LogP contribution in [0.15, 0.2) is 6.07 Å². The molecule has 0 saturated heterocycles. The molecule has 1 aromatic carbocycles. The van der Waals surface area contributed by atoms with Crippen LogP contribution in [0.1, 0.15) is 54.8 Å². The number of benzene rings is 1. The first-order valence-electron chi connectivity index (χ1n) is 6.77. The Morgan fingerprint density at radius 2 is 2.00 bits per heavy atom. The summed E-state index contributed by atoms with van der Waals surface area (Å²) in [6.45, 7) is 4.07. The van der Waals surface area contributed by atoms with E-state index in [0.717, 1.165) is 46.7 Å². The van der Waals surface area contributed by atoms with E-state index in [2.05, 4.69) is 6.07 Å². The number of ether oxygens (including phenoxy) is 1. The van der Waals surface area contributed by atoms with Gasteiger partial charge in [0.2, 0.25) is 0 Å². The zero-order valence-electron chi connectivity index (χ0n) is 11.1. The van der Waals surface area contributed by atoms with Gasteiger partial charge in [0.15, 0.2) is 0 Å². The van der Waals surface area contributed by atoms with Gasteiger partial charge in [-0.15, -0.1) is 0 Å². The van der Waals surface area contributed by atoms with Crippen LogP contribution in [-0.4, -0.2) is 5.60 Å². The maximum atomic E-state index is 6.38. The maximum Gasteiger partial charge on any atom is 0.125 e. The molecule has 0 bridgehead atoms. The number of fused-ring (bicyclic) bond motifs is 1. The van der Waals surface area contributed by atoms with E-state index >= 15 is 0 Å². The lowest BCUT2D eigenvalue weighted by Gasteiger charge is -2.39. The van der Waals surface area contributed by atoms with Crippen LogP contribution >= 0.6 is 11.6 Å². The minimum absolute atomic E-state index is 0.000867. The highest BCUT2D eigenvalue weighted by atomic mass is 35.5. The highest BCUT2D eigenvalue weighted by Gasteiger charge is 2.42. The Morgan fingerprint density at radius 3 is 2.67 bits per heavy atom. The smallest absolute Gasteiger partial charge is 0.125 e. The Kier molecular flexibility index (Phi) is 2.83. The molecule has 1 unspecified atom stereocenters. The molecule has 0 radical (unpaired) electrons. The van der Waals surface area contributed by atoms with Crippen molar-refractivity contribution in [3.8, 4) is 5.75 Å². The molecule has 1 aliphatic carbocycles. The van der Waals surface area contributed by atoms with Gasteiger partial charge in [-0.1, -0.05) is 11.6 Å². The van der Waals surface area contributed by atoms with Crippen LogP contribution in [0.3, 0.4) is 0 Å². The minimum atomic E-state index is -0.000867. The van der Waals surface area contributed by atoms with Gasteiger partial charge >= 0.3 is 0 Å². The SMILES string of the molecule is Cc1cc2c(c(C)c1Cl)C(N)CC1(CCCC1)O2. The van der Waals surface area contributed by atoms with Crippen molar-refractivity contribution in [2.24, 2.45) is 5.73 Å². The molecule has 1 atom stereocenters. The molecule has 0 aromatic heterocycles. The average Bonchev–Trinajstić information content (AvgIpc) is 2.73. The summed E-state index contributed by atoms with van der Waals surface area (Å²) in [4.78, 5) is 0. The Morgan fingerprint density at radius 1 is 1.33 bits per heavy atom. The third kappa shape index (κ3) is 1.74. The lowest BCUT2D eigenvalue weighted by atomic mass is 9.84. The third-order valence-corrected chi connectivity index (χ3v) is 5.08. The summed E-state index contributed by atoms with van der Waals surface area (Å²) < 4.78 is 6.33. The number of hydrogen-bond donors (Lipinski definition) is 1. The molecular formula is C15H20ClNO. The summed E-state index contributed by atoms with van der Waals surface area (Å²) in [6, 6.07) is 2.12. The van der Waals surface area contributed by atoms with Gasteiger partial charge in [-0.25, -0.2) is 0 Å². The quantitative estimate of drug-likeness (QED) is 0.768. The van der Waals surface area contributed by atoms with Crippen molar-refractivity contribution in [1.29, 1.82) is 0 Å². The molecule has 18 heavy (non-hydrogen) atoms. The molecule has 1 saturated carbocycles. The Balaban J connectivity index is 2.09. The molecule has 3 rings (SSSR count). The zero-order chi connectivity index (χ0) is 12.9. The molecule has 0 amide bonds. The maximum absolute atomic E-state index is 6.38. The van der Waals surface area contributed by atoms with E-state index in [1.54, 1.807) is 0 Å². The van der Waals surface area contributed by atoms with Crippen molar-refractivity contribution >= 4 is 11.6 Å². The molecule has 1 spiro atoms. The van der Waals surface area contributed by atoms with Gasteiger partial charge in [0.25, 0.3) is 0 Å². The fourth-order valence-electron chi connectivity index (χ4n) is 3.59. The van der Waals surface area contributed by atoms with Crippen LogP contribution in [0.4, 0.5) is 0 Å². The highest BCUT2D eigenvalue weighted by Crippen LogP contribution is 2.48. The summed E-state index contributed by atoms with van der Waals surface area (Å²) in [5.41, 5.74) is 9.66. The van der Waals surface area contributed by atoms with Crippen molar-refractivity contribution in [1.82, 2.24) is 0 Å². The largest absolute Gasteiger partial charge is 0.487 e. The molecule has 1 heterocycles. The first-order valence-corrected chi connectivity index (χ1v) is 7.14. The first-order chi connectivity index (χ1) is 8.52. The Labute approximate surface area is 113 Å². The van der Waals surface area contributed by atoms with Crippen LogP contribution in [0, 0.1) is 13.8 Å². The predicted molar refractivity (Wildman–Crippen MR) is 74.3 cm³/mol.